The number of aryl methyl sites for hydroxylation is 2. The van der Waals surface area contributed by atoms with Crippen molar-refractivity contribution in [3.8, 4) is 0 Å². The highest BCUT2D eigenvalue weighted by molar-refractivity contribution is 5.94. The van der Waals surface area contributed by atoms with Crippen molar-refractivity contribution in [3.63, 3.8) is 0 Å². The minimum atomic E-state index is 0.0131. The highest BCUT2D eigenvalue weighted by Gasteiger charge is 2.28. The third kappa shape index (κ3) is 3.05. The van der Waals surface area contributed by atoms with Crippen LogP contribution in [0.4, 0.5) is 0 Å². The van der Waals surface area contributed by atoms with Crippen LogP contribution >= 0.6 is 0 Å². The van der Waals surface area contributed by atoms with Crippen molar-refractivity contribution in [2.75, 3.05) is 6.54 Å². The predicted molar refractivity (Wildman–Crippen MR) is 86.7 cm³/mol. The van der Waals surface area contributed by atoms with Gasteiger partial charge >= 0.3 is 0 Å². The van der Waals surface area contributed by atoms with Crippen LogP contribution in [-0.4, -0.2) is 28.3 Å². The molecule has 0 bridgehead atoms. The molecule has 5 heteroatoms. The molecule has 3 rings (SSSR count). The van der Waals surface area contributed by atoms with Gasteiger partial charge in [0.1, 0.15) is 5.69 Å². The molecule has 2 aliphatic rings. The summed E-state index contributed by atoms with van der Waals surface area (Å²) in [5.74, 6) is 0.547. The normalized spacial score (nSPS) is 20.5. The Hall–Kier alpha value is -1.36. The summed E-state index contributed by atoms with van der Waals surface area (Å²) in [6.45, 7) is 0.524. The minimum absolute atomic E-state index is 0.0131. The molecule has 0 aromatic carbocycles. The molecular formula is C17H28N4O. The molecule has 1 amide bonds. The monoisotopic (exact) mass is 304 g/mol. The molecular weight excluding hydrogens is 276 g/mol. The molecule has 22 heavy (non-hydrogen) atoms. The van der Waals surface area contributed by atoms with Crippen molar-refractivity contribution in [2.45, 2.75) is 63.8 Å². The van der Waals surface area contributed by atoms with Crippen molar-refractivity contribution in [1.29, 1.82) is 0 Å². The van der Waals surface area contributed by atoms with Gasteiger partial charge in [0, 0.05) is 25.2 Å². The van der Waals surface area contributed by atoms with Gasteiger partial charge in [-0.1, -0.05) is 19.3 Å². The van der Waals surface area contributed by atoms with E-state index in [-0.39, 0.29) is 11.9 Å². The SMILES string of the molecule is Cn1nc2c(c1C(=O)NC(CN)C1CCCCC1)CCCC2. The Kier molecular flexibility index (Phi) is 4.81. The first-order valence-corrected chi connectivity index (χ1v) is 8.76. The topological polar surface area (TPSA) is 72.9 Å². The second-order valence-electron chi connectivity index (χ2n) is 6.82. The molecule has 1 saturated carbocycles. The van der Waals surface area contributed by atoms with Gasteiger partial charge in [-0.25, -0.2) is 0 Å². The van der Waals surface area contributed by atoms with Crippen molar-refractivity contribution in [3.05, 3.63) is 17.0 Å². The fraction of sp³-hybridized carbons (Fsp3) is 0.765. The number of rotatable bonds is 4. The maximum absolute atomic E-state index is 12.8. The summed E-state index contributed by atoms with van der Waals surface area (Å²) < 4.78 is 1.76. The van der Waals surface area contributed by atoms with Crippen molar-refractivity contribution < 1.29 is 4.79 Å². The number of fused-ring (bicyclic) bond motifs is 1. The summed E-state index contributed by atoms with van der Waals surface area (Å²) in [6.07, 6.45) is 10.5. The lowest BCUT2D eigenvalue weighted by molar-refractivity contribution is 0.0905. The van der Waals surface area contributed by atoms with Crippen LogP contribution in [0.5, 0.6) is 0 Å². The molecule has 1 fully saturated rings. The van der Waals surface area contributed by atoms with E-state index in [0.717, 1.165) is 36.2 Å². The zero-order valence-electron chi connectivity index (χ0n) is 13.6. The molecule has 1 atom stereocenters. The van der Waals surface area contributed by atoms with Crippen LogP contribution in [0.2, 0.25) is 0 Å². The predicted octanol–water partition coefficient (Wildman–Crippen LogP) is 1.94. The Morgan fingerprint density at radius 2 is 2.00 bits per heavy atom. The van der Waals surface area contributed by atoms with E-state index in [1.807, 2.05) is 7.05 Å². The summed E-state index contributed by atoms with van der Waals surface area (Å²) in [6, 6.07) is 0.0990. The van der Waals surface area contributed by atoms with Crippen LogP contribution in [0.15, 0.2) is 0 Å². The number of nitrogens with zero attached hydrogens (tertiary/aromatic N) is 2. The van der Waals surface area contributed by atoms with E-state index < -0.39 is 0 Å². The smallest absolute Gasteiger partial charge is 0.270 e. The average Bonchev–Trinajstić information content (AvgIpc) is 2.89. The van der Waals surface area contributed by atoms with Crippen LogP contribution in [0, 0.1) is 5.92 Å². The lowest BCUT2D eigenvalue weighted by Gasteiger charge is -2.30. The molecule has 0 saturated heterocycles. The Labute approximate surface area is 132 Å². The first-order valence-electron chi connectivity index (χ1n) is 8.76. The van der Waals surface area contributed by atoms with Gasteiger partial charge in [-0.05, 0) is 44.4 Å². The second-order valence-corrected chi connectivity index (χ2v) is 6.82. The molecule has 0 spiro atoms. The lowest BCUT2D eigenvalue weighted by Crippen LogP contribution is -2.46. The molecule has 0 radical (unpaired) electrons. The van der Waals surface area contributed by atoms with Crippen molar-refractivity contribution in [2.24, 2.45) is 18.7 Å². The summed E-state index contributed by atoms with van der Waals surface area (Å²) in [5, 5.41) is 7.75. The Morgan fingerprint density at radius 3 is 2.73 bits per heavy atom. The van der Waals surface area contributed by atoms with Gasteiger partial charge in [0.05, 0.1) is 5.69 Å². The molecule has 0 aliphatic heterocycles. The van der Waals surface area contributed by atoms with Crippen LogP contribution in [0.25, 0.3) is 0 Å². The van der Waals surface area contributed by atoms with Gasteiger partial charge in [-0.3, -0.25) is 9.48 Å². The maximum Gasteiger partial charge on any atom is 0.270 e. The zero-order chi connectivity index (χ0) is 15.5. The second kappa shape index (κ2) is 6.82. The third-order valence-corrected chi connectivity index (χ3v) is 5.32. The first-order chi connectivity index (χ1) is 10.7. The number of nitrogens with one attached hydrogen (secondary N) is 1. The number of amides is 1. The van der Waals surface area contributed by atoms with Gasteiger partial charge in [-0.15, -0.1) is 0 Å². The summed E-state index contributed by atoms with van der Waals surface area (Å²) in [7, 11) is 1.88. The average molecular weight is 304 g/mol. The van der Waals surface area contributed by atoms with Crippen LogP contribution in [0.1, 0.15) is 66.7 Å². The molecule has 5 nitrogen and oxygen atoms in total. The molecule has 122 valence electrons. The Morgan fingerprint density at radius 1 is 1.27 bits per heavy atom. The van der Waals surface area contributed by atoms with Gasteiger partial charge in [0.2, 0.25) is 0 Å². The minimum Gasteiger partial charge on any atom is -0.346 e. The van der Waals surface area contributed by atoms with E-state index in [9.17, 15) is 4.79 Å². The van der Waals surface area contributed by atoms with Gasteiger partial charge in [0.15, 0.2) is 0 Å². The summed E-state index contributed by atoms with van der Waals surface area (Å²) >= 11 is 0. The standard InChI is InChI=1S/C17H28N4O/c1-21-16(13-9-5-6-10-14(13)20-21)17(22)19-15(11-18)12-7-3-2-4-8-12/h12,15H,2-11,18H2,1H3,(H,19,22). The fourth-order valence-electron chi connectivity index (χ4n) is 4.11. The molecule has 1 aromatic rings. The van der Waals surface area contributed by atoms with Gasteiger partial charge in [0.25, 0.3) is 5.91 Å². The molecule has 2 aliphatic carbocycles. The van der Waals surface area contributed by atoms with E-state index in [2.05, 4.69) is 10.4 Å². The van der Waals surface area contributed by atoms with Crippen LogP contribution in [0.3, 0.4) is 0 Å². The van der Waals surface area contributed by atoms with Gasteiger partial charge in [-0.2, -0.15) is 5.10 Å². The van der Waals surface area contributed by atoms with Crippen molar-refractivity contribution in [1.82, 2.24) is 15.1 Å². The molecule has 3 N–H and O–H groups in total. The third-order valence-electron chi connectivity index (χ3n) is 5.32. The first kappa shape index (κ1) is 15.5. The Bertz CT molecular complexity index is 531. The summed E-state index contributed by atoms with van der Waals surface area (Å²) in [5.41, 5.74) is 8.97. The lowest BCUT2D eigenvalue weighted by atomic mass is 9.84. The number of carbonyl (C=O) groups is 1. The number of nitrogens with two attached hydrogens (primary N) is 1. The van der Waals surface area contributed by atoms with Crippen LogP contribution in [-0.2, 0) is 19.9 Å². The number of aromatic nitrogens is 2. The quantitative estimate of drug-likeness (QED) is 0.893. The zero-order valence-corrected chi connectivity index (χ0v) is 13.6. The molecule has 1 unspecified atom stereocenters. The molecule has 1 heterocycles. The number of hydrogen-bond acceptors (Lipinski definition) is 3. The van der Waals surface area contributed by atoms with Crippen molar-refractivity contribution >= 4 is 5.91 Å². The number of carbonyl (C=O) groups excluding carboxylic acids is 1. The molecule has 1 aromatic heterocycles. The Balaban J connectivity index is 1.74. The van der Waals surface area contributed by atoms with E-state index in [0.29, 0.717) is 12.5 Å². The van der Waals surface area contributed by atoms with Crippen LogP contribution < -0.4 is 11.1 Å². The highest BCUT2D eigenvalue weighted by Crippen LogP contribution is 2.27. The van der Waals surface area contributed by atoms with E-state index in [1.165, 1.54) is 38.5 Å². The fourth-order valence-corrected chi connectivity index (χ4v) is 4.11. The van der Waals surface area contributed by atoms with E-state index in [1.54, 1.807) is 4.68 Å². The largest absolute Gasteiger partial charge is 0.346 e. The summed E-state index contributed by atoms with van der Waals surface area (Å²) in [4.78, 5) is 12.8. The van der Waals surface area contributed by atoms with E-state index in [4.69, 9.17) is 5.73 Å². The van der Waals surface area contributed by atoms with Gasteiger partial charge < -0.3 is 11.1 Å². The van der Waals surface area contributed by atoms with E-state index >= 15 is 0 Å². The highest BCUT2D eigenvalue weighted by atomic mass is 16.2. The maximum atomic E-state index is 12.8. The number of hydrogen-bond donors (Lipinski definition) is 2.